The molecule has 4 heteroatoms. The maximum atomic E-state index is 11.8. The molecule has 0 saturated carbocycles. The van der Waals surface area contributed by atoms with Crippen LogP contribution in [0.5, 0.6) is 0 Å². The zero-order valence-corrected chi connectivity index (χ0v) is 8.63. The fourth-order valence-electron chi connectivity index (χ4n) is 1.40. The fraction of sp³-hybridized carbons (Fsp3) is 0.889. The normalized spacial score (nSPS) is 26.0. The highest BCUT2D eigenvalue weighted by atomic mass is 16.1. The number of carbonyl (C=O) groups is 1. The third kappa shape index (κ3) is 2.76. The largest absolute Gasteiger partial charge is 0.313 e. The van der Waals surface area contributed by atoms with Crippen molar-refractivity contribution in [1.29, 1.82) is 0 Å². The average Bonchev–Trinajstić information content (AvgIpc) is 2.17. The van der Waals surface area contributed by atoms with Gasteiger partial charge in [0.25, 0.3) is 0 Å². The van der Waals surface area contributed by atoms with Gasteiger partial charge >= 0.3 is 0 Å². The van der Waals surface area contributed by atoms with Gasteiger partial charge in [-0.3, -0.25) is 9.69 Å². The van der Waals surface area contributed by atoms with E-state index in [1.807, 2.05) is 25.9 Å². The average molecular weight is 185 g/mol. The van der Waals surface area contributed by atoms with Crippen LogP contribution in [0.25, 0.3) is 0 Å². The molecule has 1 unspecified atom stereocenters. The van der Waals surface area contributed by atoms with E-state index in [1.165, 1.54) is 0 Å². The zero-order chi connectivity index (χ0) is 9.84. The Morgan fingerprint density at radius 2 is 2.15 bits per heavy atom. The minimum Gasteiger partial charge on any atom is -0.313 e. The lowest BCUT2D eigenvalue weighted by Crippen LogP contribution is -2.56. The minimum atomic E-state index is -0.00819. The molecule has 1 saturated heterocycles. The van der Waals surface area contributed by atoms with E-state index in [0.29, 0.717) is 0 Å². The Hall–Kier alpha value is -0.450. The summed E-state index contributed by atoms with van der Waals surface area (Å²) in [5.41, 5.74) is 0. The van der Waals surface area contributed by atoms with Crippen LogP contribution in [-0.2, 0) is 4.79 Å². The molecule has 1 aliphatic rings. The zero-order valence-electron chi connectivity index (χ0n) is 8.63. The van der Waals surface area contributed by atoms with Gasteiger partial charge in [-0.2, -0.15) is 0 Å². The lowest BCUT2D eigenvalue weighted by Gasteiger charge is -2.28. The maximum Gasteiger partial charge on any atom is 0.167 e. The Morgan fingerprint density at radius 3 is 2.62 bits per heavy atom. The lowest BCUT2D eigenvalue weighted by atomic mass is 10.0. The standard InChI is InChI=1S/C9H19N3O/c1-7(12(2)3)9(13)8-6-10-4-5-11-8/h7-8,10-11H,4-6H2,1-3H3/t7-,8?/m0/s1. The highest BCUT2D eigenvalue weighted by Crippen LogP contribution is 1.99. The first-order valence-corrected chi connectivity index (χ1v) is 4.77. The molecular weight excluding hydrogens is 166 g/mol. The Morgan fingerprint density at radius 1 is 1.46 bits per heavy atom. The van der Waals surface area contributed by atoms with Crippen LogP contribution in [0.2, 0.25) is 0 Å². The SMILES string of the molecule is C[C@@H](C(=O)C1CNCCN1)N(C)C. The first-order valence-electron chi connectivity index (χ1n) is 4.77. The van der Waals surface area contributed by atoms with Crippen LogP contribution < -0.4 is 10.6 Å². The van der Waals surface area contributed by atoms with Crippen molar-refractivity contribution in [2.45, 2.75) is 19.0 Å². The van der Waals surface area contributed by atoms with Crippen molar-refractivity contribution in [3.8, 4) is 0 Å². The summed E-state index contributed by atoms with van der Waals surface area (Å²) in [5, 5.41) is 6.42. The summed E-state index contributed by atoms with van der Waals surface area (Å²) in [4.78, 5) is 13.7. The molecule has 2 N–H and O–H groups in total. The number of piperazine rings is 1. The van der Waals surface area contributed by atoms with E-state index in [9.17, 15) is 4.79 Å². The van der Waals surface area contributed by atoms with Gasteiger partial charge in [-0.1, -0.05) is 0 Å². The summed E-state index contributed by atoms with van der Waals surface area (Å²) in [6, 6.07) is -0.0106. The number of rotatable bonds is 3. The fourth-order valence-corrected chi connectivity index (χ4v) is 1.40. The molecule has 1 rings (SSSR count). The van der Waals surface area contributed by atoms with Crippen molar-refractivity contribution in [3.05, 3.63) is 0 Å². The summed E-state index contributed by atoms with van der Waals surface area (Å²) >= 11 is 0. The molecule has 0 amide bonds. The van der Waals surface area contributed by atoms with E-state index in [1.54, 1.807) is 0 Å². The van der Waals surface area contributed by atoms with Gasteiger partial charge in [-0.15, -0.1) is 0 Å². The molecule has 0 radical (unpaired) electrons. The summed E-state index contributed by atoms with van der Waals surface area (Å²) < 4.78 is 0. The molecule has 0 aromatic heterocycles. The van der Waals surface area contributed by atoms with E-state index in [4.69, 9.17) is 0 Å². The van der Waals surface area contributed by atoms with Crippen molar-refractivity contribution in [2.75, 3.05) is 33.7 Å². The van der Waals surface area contributed by atoms with Crippen molar-refractivity contribution < 1.29 is 4.79 Å². The van der Waals surface area contributed by atoms with E-state index in [-0.39, 0.29) is 17.9 Å². The van der Waals surface area contributed by atoms with E-state index >= 15 is 0 Å². The van der Waals surface area contributed by atoms with Crippen LogP contribution in [-0.4, -0.2) is 56.5 Å². The van der Waals surface area contributed by atoms with Gasteiger partial charge in [0.1, 0.15) is 0 Å². The number of nitrogens with zero attached hydrogens (tertiary/aromatic N) is 1. The van der Waals surface area contributed by atoms with Gasteiger partial charge in [-0.25, -0.2) is 0 Å². The third-order valence-electron chi connectivity index (χ3n) is 2.57. The van der Waals surface area contributed by atoms with Gasteiger partial charge in [-0.05, 0) is 21.0 Å². The topological polar surface area (TPSA) is 44.4 Å². The van der Waals surface area contributed by atoms with Crippen LogP contribution in [0.4, 0.5) is 0 Å². The molecule has 13 heavy (non-hydrogen) atoms. The summed E-state index contributed by atoms with van der Waals surface area (Å²) in [6.45, 7) is 4.55. The van der Waals surface area contributed by atoms with Crippen LogP contribution >= 0.6 is 0 Å². The second-order valence-electron chi connectivity index (χ2n) is 3.75. The van der Waals surface area contributed by atoms with Gasteiger partial charge < -0.3 is 10.6 Å². The number of hydrogen-bond donors (Lipinski definition) is 2. The van der Waals surface area contributed by atoms with Crippen molar-refractivity contribution >= 4 is 5.78 Å². The van der Waals surface area contributed by atoms with E-state index < -0.39 is 0 Å². The summed E-state index contributed by atoms with van der Waals surface area (Å²) in [7, 11) is 3.86. The van der Waals surface area contributed by atoms with Crippen molar-refractivity contribution in [3.63, 3.8) is 0 Å². The molecule has 1 aliphatic heterocycles. The molecule has 0 bridgehead atoms. The first kappa shape index (κ1) is 10.6. The number of Topliss-reactive ketones (excluding diaryl/α,β-unsaturated/α-hetero) is 1. The molecule has 76 valence electrons. The van der Waals surface area contributed by atoms with Crippen molar-refractivity contribution in [2.24, 2.45) is 0 Å². The van der Waals surface area contributed by atoms with Gasteiger partial charge in [0.15, 0.2) is 5.78 Å². The highest BCUT2D eigenvalue weighted by molar-refractivity contribution is 5.89. The van der Waals surface area contributed by atoms with E-state index in [2.05, 4.69) is 10.6 Å². The number of likely N-dealkylation sites (N-methyl/N-ethyl adjacent to an activating group) is 1. The first-order chi connectivity index (χ1) is 6.13. The molecule has 0 aromatic carbocycles. The van der Waals surface area contributed by atoms with Crippen molar-refractivity contribution in [1.82, 2.24) is 15.5 Å². The van der Waals surface area contributed by atoms with Gasteiger partial charge in [0.2, 0.25) is 0 Å². The number of nitrogens with one attached hydrogen (secondary N) is 2. The van der Waals surface area contributed by atoms with E-state index in [0.717, 1.165) is 19.6 Å². The van der Waals surface area contributed by atoms with Crippen LogP contribution in [0.15, 0.2) is 0 Å². The van der Waals surface area contributed by atoms with Gasteiger partial charge in [0, 0.05) is 19.6 Å². The van der Waals surface area contributed by atoms with Crippen LogP contribution in [0.1, 0.15) is 6.92 Å². The number of hydrogen-bond acceptors (Lipinski definition) is 4. The molecular formula is C9H19N3O. The lowest BCUT2D eigenvalue weighted by molar-refractivity contribution is -0.125. The molecule has 2 atom stereocenters. The number of ketones is 1. The molecule has 0 aromatic rings. The maximum absolute atomic E-state index is 11.8. The Labute approximate surface area is 79.7 Å². The minimum absolute atomic E-state index is 0.00241. The summed E-state index contributed by atoms with van der Waals surface area (Å²) in [5.74, 6) is 0.275. The Balaban J connectivity index is 2.45. The molecule has 0 spiro atoms. The second-order valence-corrected chi connectivity index (χ2v) is 3.75. The summed E-state index contributed by atoms with van der Waals surface area (Å²) in [6.07, 6.45) is 0. The predicted octanol–water partition coefficient (Wildman–Crippen LogP) is -0.933. The van der Waals surface area contributed by atoms with Gasteiger partial charge in [0.05, 0.1) is 12.1 Å². The quantitative estimate of drug-likeness (QED) is 0.596. The van der Waals surface area contributed by atoms with Crippen LogP contribution in [0.3, 0.4) is 0 Å². The molecule has 4 nitrogen and oxygen atoms in total. The molecule has 1 heterocycles. The smallest absolute Gasteiger partial charge is 0.167 e. The molecule has 0 aliphatic carbocycles. The predicted molar refractivity (Wildman–Crippen MR) is 52.8 cm³/mol. The highest BCUT2D eigenvalue weighted by Gasteiger charge is 2.25. The Kier molecular flexibility index (Phi) is 3.84. The Bertz CT molecular complexity index is 176. The third-order valence-corrected chi connectivity index (χ3v) is 2.57. The molecule has 1 fully saturated rings. The monoisotopic (exact) mass is 185 g/mol. The van der Waals surface area contributed by atoms with Crippen LogP contribution in [0, 0.1) is 0 Å². The number of carbonyl (C=O) groups excluding carboxylic acids is 1. The second kappa shape index (κ2) is 4.69.